The van der Waals surface area contributed by atoms with Gasteiger partial charge in [0.2, 0.25) is 12.0 Å². The van der Waals surface area contributed by atoms with E-state index in [9.17, 15) is 19.7 Å². The van der Waals surface area contributed by atoms with Crippen LogP contribution in [0.5, 0.6) is 0 Å². The summed E-state index contributed by atoms with van der Waals surface area (Å²) in [6.07, 6.45) is -1.11. The predicted octanol–water partition coefficient (Wildman–Crippen LogP) is 2.85. The van der Waals surface area contributed by atoms with Crippen LogP contribution in [0.2, 0.25) is 5.02 Å². The molecule has 2 aromatic rings. The molecule has 0 aliphatic carbocycles. The van der Waals surface area contributed by atoms with Crippen LogP contribution < -0.4 is 4.90 Å². The Labute approximate surface area is 158 Å². The van der Waals surface area contributed by atoms with Crippen LogP contribution in [0.25, 0.3) is 0 Å². The number of anilines is 1. The average molecular weight is 386 g/mol. The summed E-state index contributed by atoms with van der Waals surface area (Å²) in [5.74, 6) is -2.12. The Balaban J connectivity index is 1.74. The molecular formula is C18H12ClN3O5. The lowest BCUT2D eigenvalue weighted by Gasteiger charge is -2.15. The first-order valence-corrected chi connectivity index (χ1v) is 8.39. The molecule has 1 fully saturated rings. The zero-order valence-corrected chi connectivity index (χ0v) is 14.7. The fraction of sp³-hybridized carbons (Fsp3) is 0.167. The minimum Gasteiger partial charge on any atom is -0.381 e. The average Bonchev–Trinajstić information content (AvgIpc) is 3.17. The Morgan fingerprint density at radius 1 is 1.19 bits per heavy atom. The lowest BCUT2D eigenvalue weighted by Crippen LogP contribution is -2.33. The summed E-state index contributed by atoms with van der Waals surface area (Å²) >= 11 is 6.18. The fourth-order valence-corrected chi connectivity index (χ4v) is 3.49. The van der Waals surface area contributed by atoms with Crippen molar-refractivity contribution in [3.05, 3.63) is 68.7 Å². The van der Waals surface area contributed by atoms with E-state index in [0.717, 1.165) is 4.90 Å². The molecule has 27 heavy (non-hydrogen) atoms. The van der Waals surface area contributed by atoms with Gasteiger partial charge in [0.25, 0.3) is 11.6 Å². The molecule has 2 aliphatic rings. The quantitative estimate of drug-likeness (QED) is 0.459. The second kappa shape index (κ2) is 6.17. The molecule has 2 aromatic carbocycles. The number of hydrogen-bond acceptors (Lipinski definition) is 6. The van der Waals surface area contributed by atoms with Gasteiger partial charge >= 0.3 is 0 Å². The fourth-order valence-electron chi connectivity index (χ4n) is 3.26. The minimum atomic E-state index is -1.11. The second-order valence-corrected chi connectivity index (χ2v) is 6.61. The molecule has 8 nitrogen and oxygen atoms in total. The van der Waals surface area contributed by atoms with Crippen LogP contribution in [0.1, 0.15) is 11.1 Å². The van der Waals surface area contributed by atoms with Gasteiger partial charge < -0.3 is 4.84 Å². The first-order valence-electron chi connectivity index (χ1n) is 8.01. The van der Waals surface area contributed by atoms with Gasteiger partial charge in [0, 0.05) is 22.2 Å². The number of nitro groups is 1. The number of nitro benzene ring substituents is 1. The van der Waals surface area contributed by atoms with Crippen molar-refractivity contribution in [2.45, 2.75) is 13.0 Å². The topological polar surface area (TPSA) is 102 Å². The smallest absolute Gasteiger partial charge is 0.278 e. The van der Waals surface area contributed by atoms with Crippen LogP contribution in [0.4, 0.5) is 11.4 Å². The van der Waals surface area contributed by atoms with Crippen LogP contribution in [0.3, 0.4) is 0 Å². The molecule has 4 rings (SSSR count). The molecule has 2 amide bonds. The Morgan fingerprint density at radius 2 is 1.93 bits per heavy atom. The standard InChI is InChI=1S/C18H12ClN3O5/c1-9-6-7-10(8-13(9)22(25)26)21-17(23)14-15(20-27-16(14)18(21)24)11-4-2-3-5-12(11)19/h2-8,14,16H,1H3/t14-,16-/m1/s1. The van der Waals surface area contributed by atoms with Gasteiger partial charge in [0.15, 0.2) is 0 Å². The largest absolute Gasteiger partial charge is 0.381 e. The number of benzene rings is 2. The van der Waals surface area contributed by atoms with Crippen molar-refractivity contribution >= 4 is 40.5 Å². The third-order valence-electron chi connectivity index (χ3n) is 4.61. The van der Waals surface area contributed by atoms with E-state index in [2.05, 4.69) is 5.16 Å². The van der Waals surface area contributed by atoms with Crippen molar-refractivity contribution in [2.24, 2.45) is 11.1 Å². The molecule has 0 radical (unpaired) electrons. The molecule has 0 aromatic heterocycles. The minimum absolute atomic E-state index is 0.124. The number of aryl methyl sites for hydroxylation is 1. The van der Waals surface area contributed by atoms with Crippen molar-refractivity contribution in [3.8, 4) is 0 Å². The van der Waals surface area contributed by atoms with Crippen LogP contribution in [0, 0.1) is 23.0 Å². The number of carbonyl (C=O) groups is 2. The molecule has 0 N–H and O–H groups in total. The van der Waals surface area contributed by atoms with E-state index in [1.807, 2.05) is 0 Å². The molecule has 0 unspecified atom stereocenters. The summed E-state index contributed by atoms with van der Waals surface area (Å²) in [5, 5.41) is 15.5. The summed E-state index contributed by atoms with van der Waals surface area (Å²) in [4.78, 5) is 42.5. The summed E-state index contributed by atoms with van der Waals surface area (Å²) in [6.45, 7) is 1.58. The van der Waals surface area contributed by atoms with Gasteiger partial charge in [-0.25, -0.2) is 4.90 Å². The van der Waals surface area contributed by atoms with Gasteiger partial charge in [0.05, 0.1) is 10.6 Å². The predicted molar refractivity (Wildman–Crippen MR) is 96.7 cm³/mol. The molecule has 2 atom stereocenters. The molecule has 0 saturated carbocycles. The van der Waals surface area contributed by atoms with E-state index in [-0.39, 0.29) is 17.1 Å². The highest BCUT2D eigenvalue weighted by Crippen LogP contribution is 2.37. The van der Waals surface area contributed by atoms with Crippen LogP contribution in [-0.2, 0) is 14.4 Å². The summed E-state index contributed by atoms with van der Waals surface area (Å²) in [6, 6.07) is 11.0. The Morgan fingerprint density at radius 3 is 2.63 bits per heavy atom. The molecular weight excluding hydrogens is 374 g/mol. The second-order valence-electron chi connectivity index (χ2n) is 6.20. The highest BCUT2D eigenvalue weighted by atomic mass is 35.5. The summed E-state index contributed by atoms with van der Waals surface area (Å²) in [7, 11) is 0. The van der Waals surface area contributed by atoms with Crippen molar-refractivity contribution in [3.63, 3.8) is 0 Å². The maximum absolute atomic E-state index is 13.0. The van der Waals surface area contributed by atoms with Gasteiger partial charge in [-0.3, -0.25) is 19.7 Å². The number of fused-ring (bicyclic) bond motifs is 1. The maximum atomic E-state index is 13.0. The number of rotatable bonds is 3. The van der Waals surface area contributed by atoms with E-state index in [1.54, 1.807) is 31.2 Å². The molecule has 9 heteroatoms. The highest BCUT2D eigenvalue weighted by molar-refractivity contribution is 6.38. The first-order chi connectivity index (χ1) is 12.9. The molecule has 0 bridgehead atoms. The van der Waals surface area contributed by atoms with Crippen LogP contribution in [-0.4, -0.2) is 28.6 Å². The van der Waals surface area contributed by atoms with Crippen molar-refractivity contribution in [1.82, 2.24) is 0 Å². The molecule has 2 heterocycles. The van der Waals surface area contributed by atoms with Gasteiger partial charge in [-0.05, 0) is 19.1 Å². The summed E-state index contributed by atoms with van der Waals surface area (Å²) < 4.78 is 0. The van der Waals surface area contributed by atoms with Gasteiger partial charge in [0.1, 0.15) is 11.6 Å². The first kappa shape index (κ1) is 17.2. The zero-order chi connectivity index (χ0) is 19.3. The molecule has 136 valence electrons. The van der Waals surface area contributed by atoms with Crippen molar-refractivity contribution in [1.29, 1.82) is 0 Å². The maximum Gasteiger partial charge on any atom is 0.278 e. The summed E-state index contributed by atoms with van der Waals surface area (Å²) in [5.41, 5.74) is 1.15. The van der Waals surface area contributed by atoms with Gasteiger partial charge in [-0.1, -0.05) is 41.0 Å². The van der Waals surface area contributed by atoms with E-state index < -0.39 is 28.8 Å². The van der Waals surface area contributed by atoms with E-state index in [0.29, 0.717) is 16.1 Å². The number of carbonyl (C=O) groups excluding carboxylic acids is 2. The number of nitrogens with zero attached hydrogens (tertiary/aromatic N) is 3. The number of oxime groups is 1. The van der Waals surface area contributed by atoms with E-state index >= 15 is 0 Å². The monoisotopic (exact) mass is 385 g/mol. The van der Waals surface area contributed by atoms with Crippen molar-refractivity contribution in [2.75, 3.05) is 4.90 Å². The van der Waals surface area contributed by atoms with Gasteiger partial charge in [-0.2, -0.15) is 0 Å². The van der Waals surface area contributed by atoms with E-state index in [4.69, 9.17) is 16.4 Å². The van der Waals surface area contributed by atoms with Crippen LogP contribution in [0.15, 0.2) is 47.6 Å². The third-order valence-corrected chi connectivity index (χ3v) is 4.94. The normalized spacial score (nSPS) is 21.1. The van der Waals surface area contributed by atoms with E-state index in [1.165, 1.54) is 18.2 Å². The highest BCUT2D eigenvalue weighted by Gasteiger charge is 2.56. The van der Waals surface area contributed by atoms with Crippen molar-refractivity contribution < 1.29 is 19.3 Å². The zero-order valence-electron chi connectivity index (χ0n) is 14.0. The van der Waals surface area contributed by atoms with Crippen LogP contribution >= 0.6 is 11.6 Å². The SMILES string of the molecule is Cc1ccc(N2C(=O)[C@@H]3C(c4ccccc4Cl)=NO[C@H]3C2=O)cc1[N+](=O)[O-]. The lowest BCUT2D eigenvalue weighted by atomic mass is 9.94. The number of imide groups is 1. The molecule has 0 spiro atoms. The number of halogens is 1. The number of amides is 2. The Bertz CT molecular complexity index is 1040. The Hall–Kier alpha value is -3.26. The Kier molecular flexibility index (Phi) is 3.92. The molecule has 1 saturated heterocycles. The third kappa shape index (κ3) is 2.57. The number of hydrogen-bond donors (Lipinski definition) is 0. The molecule has 2 aliphatic heterocycles. The lowest BCUT2D eigenvalue weighted by molar-refractivity contribution is -0.385. The van der Waals surface area contributed by atoms with Gasteiger partial charge in [-0.15, -0.1) is 0 Å².